The number of hydrogen-bond acceptors (Lipinski definition) is 5. The van der Waals surface area contributed by atoms with Gasteiger partial charge in [-0.2, -0.15) is 0 Å². The average molecular weight is 364 g/mol. The molecule has 0 aliphatic carbocycles. The summed E-state index contributed by atoms with van der Waals surface area (Å²) in [7, 11) is 0. The van der Waals surface area contributed by atoms with Crippen LogP contribution in [-0.2, 0) is 9.59 Å². The number of benzene rings is 2. The molecule has 1 saturated heterocycles. The number of nitro benzene ring substituents is 1. The molecule has 2 aromatic carbocycles. The second-order valence-corrected chi connectivity index (χ2v) is 5.96. The SMILES string of the molecule is C=CCN1C(=O)C(=O)C(=C(O)c2ccccc2)C1c1cccc([N+](=O)[O-])c1. The molecule has 0 saturated carbocycles. The summed E-state index contributed by atoms with van der Waals surface area (Å²) in [6.07, 6.45) is 1.46. The quantitative estimate of drug-likeness (QED) is 0.219. The van der Waals surface area contributed by atoms with Crippen molar-refractivity contribution >= 4 is 23.1 Å². The number of nitrogens with zero attached hydrogens (tertiary/aromatic N) is 2. The van der Waals surface area contributed by atoms with E-state index in [1.54, 1.807) is 36.4 Å². The summed E-state index contributed by atoms with van der Waals surface area (Å²) >= 11 is 0. The molecule has 0 bridgehead atoms. The minimum absolute atomic E-state index is 0.0590. The number of aliphatic hydroxyl groups excluding tert-OH is 1. The Morgan fingerprint density at radius 1 is 1.19 bits per heavy atom. The minimum Gasteiger partial charge on any atom is -0.507 e. The van der Waals surface area contributed by atoms with Crippen LogP contribution in [0.2, 0.25) is 0 Å². The zero-order valence-electron chi connectivity index (χ0n) is 14.2. The van der Waals surface area contributed by atoms with E-state index in [1.807, 2.05) is 0 Å². The number of carbonyl (C=O) groups excluding carboxylic acids is 2. The fourth-order valence-corrected chi connectivity index (χ4v) is 3.11. The van der Waals surface area contributed by atoms with Gasteiger partial charge in [0, 0.05) is 24.2 Å². The molecule has 0 aromatic heterocycles. The number of aliphatic hydroxyl groups is 1. The summed E-state index contributed by atoms with van der Waals surface area (Å²) in [6.45, 7) is 3.65. The van der Waals surface area contributed by atoms with Crippen LogP contribution >= 0.6 is 0 Å². The summed E-state index contributed by atoms with van der Waals surface area (Å²) in [5.74, 6) is -1.95. The van der Waals surface area contributed by atoms with Crippen LogP contribution in [0.3, 0.4) is 0 Å². The topological polar surface area (TPSA) is 101 Å². The van der Waals surface area contributed by atoms with E-state index in [0.717, 1.165) is 0 Å². The molecule has 1 N–H and O–H groups in total. The highest BCUT2D eigenvalue weighted by Crippen LogP contribution is 2.39. The molecule has 7 heteroatoms. The lowest BCUT2D eigenvalue weighted by atomic mass is 9.95. The lowest BCUT2D eigenvalue weighted by molar-refractivity contribution is -0.384. The maximum atomic E-state index is 12.6. The third kappa shape index (κ3) is 3.22. The van der Waals surface area contributed by atoms with Crippen molar-refractivity contribution in [3.05, 3.63) is 94.1 Å². The van der Waals surface area contributed by atoms with E-state index in [2.05, 4.69) is 6.58 Å². The summed E-state index contributed by atoms with van der Waals surface area (Å²) in [4.78, 5) is 36.9. The Morgan fingerprint density at radius 3 is 2.52 bits per heavy atom. The Hall–Kier alpha value is -3.74. The van der Waals surface area contributed by atoms with Crippen LogP contribution in [0.4, 0.5) is 5.69 Å². The van der Waals surface area contributed by atoms with Crippen molar-refractivity contribution in [2.24, 2.45) is 0 Å². The standard InChI is InChI=1S/C20H16N2O5/c1-2-11-21-17(14-9-6-10-15(12-14)22(26)27)16(19(24)20(21)25)18(23)13-7-4-3-5-8-13/h2-10,12,17,23H,1,11H2. The predicted molar refractivity (Wildman–Crippen MR) is 98.7 cm³/mol. The molecule has 27 heavy (non-hydrogen) atoms. The van der Waals surface area contributed by atoms with Crippen molar-refractivity contribution in [1.29, 1.82) is 0 Å². The highest BCUT2D eigenvalue weighted by molar-refractivity contribution is 6.46. The Morgan fingerprint density at radius 2 is 1.89 bits per heavy atom. The first-order valence-electron chi connectivity index (χ1n) is 8.14. The van der Waals surface area contributed by atoms with Gasteiger partial charge in [-0.3, -0.25) is 19.7 Å². The van der Waals surface area contributed by atoms with E-state index in [1.165, 1.54) is 29.2 Å². The summed E-state index contributed by atoms with van der Waals surface area (Å²) < 4.78 is 0. The number of hydrogen-bond donors (Lipinski definition) is 1. The molecule has 1 atom stereocenters. The molecular formula is C20H16N2O5. The predicted octanol–water partition coefficient (Wildman–Crippen LogP) is 3.20. The molecule has 2 aromatic rings. The summed E-state index contributed by atoms with van der Waals surface area (Å²) in [5.41, 5.74) is 0.470. The first-order valence-corrected chi connectivity index (χ1v) is 8.14. The first kappa shape index (κ1) is 18.1. The molecule has 1 amide bonds. The monoisotopic (exact) mass is 364 g/mol. The number of ketones is 1. The smallest absolute Gasteiger partial charge is 0.295 e. The molecular weight excluding hydrogens is 348 g/mol. The van der Waals surface area contributed by atoms with Crippen LogP contribution in [0, 0.1) is 10.1 Å². The van der Waals surface area contributed by atoms with E-state index < -0.39 is 22.7 Å². The van der Waals surface area contributed by atoms with Gasteiger partial charge in [-0.25, -0.2) is 0 Å². The van der Waals surface area contributed by atoms with Gasteiger partial charge in [-0.15, -0.1) is 6.58 Å². The van der Waals surface area contributed by atoms with Crippen LogP contribution < -0.4 is 0 Å². The summed E-state index contributed by atoms with van der Waals surface area (Å²) in [5, 5.41) is 21.8. The third-order valence-electron chi connectivity index (χ3n) is 4.31. The molecule has 1 heterocycles. The zero-order valence-corrected chi connectivity index (χ0v) is 14.2. The van der Waals surface area contributed by atoms with E-state index in [-0.39, 0.29) is 23.6 Å². The molecule has 1 unspecified atom stereocenters. The van der Waals surface area contributed by atoms with Crippen LogP contribution in [0.25, 0.3) is 5.76 Å². The second-order valence-electron chi connectivity index (χ2n) is 5.96. The van der Waals surface area contributed by atoms with Gasteiger partial charge >= 0.3 is 0 Å². The minimum atomic E-state index is -0.942. The van der Waals surface area contributed by atoms with Crippen molar-refractivity contribution in [2.75, 3.05) is 6.54 Å². The molecule has 1 fully saturated rings. The van der Waals surface area contributed by atoms with E-state index in [0.29, 0.717) is 11.1 Å². The van der Waals surface area contributed by atoms with Gasteiger partial charge in [0.25, 0.3) is 17.4 Å². The van der Waals surface area contributed by atoms with Crippen molar-refractivity contribution in [1.82, 2.24) is 4.90 Å². The van der Waals surface area contributed by atoms with Crippen molar-refractivity contribution < 1.29 is 19.6 Å². The van der Waals surface area contributed by atoms with Crippen LogP contribution in [0.1, 0.15) is 17.2 Å². The third-order valence-corrected chi connectivity index (χ3v) is 4.31. The summed E-state index contributed by atoms with van der Waals surface area (Å²) in [6, 6.07) is 13.1. The maximum absolute atomic E-state index is 12.6. The highest BCUT2D eigenvalue weighted by Gasteiger charge is 2.45. The van der Waals surface area contributed by atoms with Gasteiger partial charge in [-0.1, -0.05) is 48.5 Å². The van der Waals surface area contributed by atoms with Gasteiger partial charge in [0.15, 0.2) is 0 Å². The van der Waals surface area contributed by atoms with Crippen LogP contribution in [0.15, 0.2) is 72.8 Å². The normalized spacial score (nSPS) is 18.5. The average Bonchev–Trinajstić information content (AvgIpc) is 2.93. The molecule has 1 aliphatic rings. The van der Waals surface area contributed by atoms with Gasteiger partial charge in [-0.05, 0) is 5.56 Å². The number of Topliss-reactive ketones (excluding diaryl/α,β-unsaturated/α-hetero) is 1. The lowest BCUT2D eigenvalue weighted by Gasteiger charge is -2.23. The largest absolute Gasteiger partial charge is 0.507 e. The molecule has 0 radical (unpaired) electrons. The van der Waals surface area contributed by atoms with Gasteiger partial charge in [0.05, 0.1) is 16.5 Å². The van der Waals surface area contributed by atoms with Crippen molar-refractivity contribution in [3.8, 4) is 0 Å². The number of non-ortho nitro benzene ring substituents is 1. The fraction of sp³-hybridized carbons (Fsp3) is 0.100. The van der Waals surface area contributed by atoms with E-state index in [4.69, 9.17) is 0 Å². The molecule has 0 spiro atoms. The van der Waals surface area contributed by atoms with Gasteiger partial charge in [0.1, 0.15) is 5.76 Å². The maximum Gasteiger partial charge on any atom is 0.295 e. The Labute approximate surface area is 155 Å². The second kappa shape index (κ2) is 7.25. The van der Waals surface area contributed by atoms with Crippen LogP contribution in [-0.4, -0.2) is 33.2 Å². The van der Waals surface area contributed by atoms with E-state index in [9.17, 15) is 24.8 Å². The Balaban J connectivity index is 2.22. The molecule has 1 aliphatic heterocycles. The molecule has 3 rings (SSSR count). The molecule has 136 valence electrons. The first-order chi connectivity index (χ1) is 13.0. The highest BCUT2D eigenvalue weighted by atomic mass is 16.6. The number of nitro groups is 1. The van der Waals surface area contributed by atoms with Gasteiger partial charge in [0.2, 0.25) is 0 Å². The van der Waals surface area contributed by atoms with Gasteiger partial charge < -0.3 is 10.0 Å². The van der Waals surface area contributed by atoms with Crippen molar-refractivity contribution in [3.63, 3.8) is 0 Å². The zero-order chi connectivity index (χ0) is 19.6. The molecule has 7 nitrogen and oxygen atoms in total. The number of amides is 1. The Kier molecular flexibility index (Phi) is 4.85. The number of likely N-dealkylation sites (tertiary alicyclic amines) is 1. The van der Waals surface area contributed by atoms with Crippen LogP contribution in [0.5, 0.6) is 0 Å². The Bertz CT molecular complexity index is 965. The fourth-order valence-electron chi connectivity index (χ4n) is 3.11. The van der Waals surface area contributed by atoms with E-state index >= 15 is 0 Å². The lowest BCUT2D eigenvalue weighted by Crippen LogP contribution is -2.29. The number of carbonyl (C=O) groups is 2. The number of rotatable bonds is 5. The van der Waals surface area contributed by atoms with Crippen molar-refractivity contribution in [2.45, 2.75) is 6.04 Å².